The van der Waals surface area contributed by atoms with Crippen molar-refractivity contribution in [2.45, 2.75) is 6.04 Å². The second kappa shape index (κ2) is 8.99. The van der Waals surface area contributed by atoms with Crippen LogP contribution in [0.5, 0.6) is 0 Å². The largest absolute Gasteiger partial charge is 0.336 e. The third-order valence-electron chi connectivity index (χ3n) is 5.20. The molecule has 1 amide bonds. The maximum absolute atomic E-state index is 13.3. The third kappa shape index (κ3) is 3.73. The Kier molecular flexibility index (Phi) is 7.06. The van der Waals surface area contributed by atoms with Gasteiger partial charge in [0.25, 0.3) is 11.5 Å². The van der Waals surface area contributed by atoms with Crippen molar-refractivity contribution >= 4 is 41.8 Å². The normalized spacial score (nSPS) is 16.1. The molecule has 0 bridgehead atoms. The Balaban J connectivity index is 0.00000160. The number of fused-ring (bicyclic) bond motifs is 1. The topological polar surface area (TPSA) is 107 Å². The van der Waals surface area contributed by atoms with Gasteiger partial charge in [-0.15, -0.1) is 24.8 Å². The molecule has 1 N–H and O–H groups in total. The van der Waals surface area contributed by atoms with Crippen LogP contribution in [0.3, 0.4) is 0 Å². The molecule has 3 aromatic rings. The van der Waals surface area contributed by atoms with Crippen molar-refractivity contribution in [3.8, 4) is 0 Å². The van der Waals surface area contributed by atoms with Gasteiger partial charge in [0, 0.05) is 59.4 Å². The summed E-state index contributed by atoms with van der Waals surface area (Å²) >= 11 is 0. The highest BCUT2D eigenvalue weighted by Crippen LogP contribution is 2.23. The quantitative estimate of drug-likeness (QED) is 0.582. The summed E-state index contributed by atoms with van der Waals surface area (Å²) in [4.78, 5) is 48.2. The number of imidazole rings is 1. The molecule has 1 atom stereocenters. The van der Waals surface area contributed by atoms with E-state index in [-0.39, 0.29) is 47.8 Å². The van der Waals surface area contributed by atoms with Crippen molar-refractivity contribution in [3.05, 3.63) is 56.9 Å². The van der Waals surface area contributed by atoms with Crippen LogP contribution in [0.1, 0.15) is 22.2 Å². The van der Waals surface area contributed by atoms with E-state index in [4.69, 9.17) is 0 Å². The lowest BCUT2D eigenvalue weighted by molar-refractivity contribution is 0.0620. The van der Waals surface area contributed by atoms with Crippen molar-refractivity contribution < 1.29 is 4.79 Å². The molecule has 30 heavy (non-hydrogen) atoms. The molecule has 10 nitrogen and oxygen atoms in total. The first-order valence-corrected chi connectivity index (χ1v) is 8.95. The van der Waals surface area contributed by atoms with Crippen LogP contribution in [0, 0.1) is 0 Å². The summed E-state index contributed by atoms with van der Waals surface area (Å²) in [6.07, 6.45) is 4.96. The molecule has 12 heteroatoms. The smallest absolute Gasteiger partial charge is 0.332 e. The number of aryl methyl sites for hydroxylation is 2. The van der Waals surface area contributed by atoms with Crippen LogP contribution < -0.4 is 16.6 Å². The first-order valence-electron chi connectivity index (χ1n) is 8.95. The first kappa shape index (κ1) is 23.6. The van der Waals surface area contributed by atoms with Gasteiger partial charge in [0.2, 0.25) is 0 Å². The monoisotopic (exact) mass is 455 g/mol. The molecule has 4 heterocycles. The molecule has 0 spiro atoms. The van der Waals surface area contributed by atoms with Crippen molar-refractivity contribution in [1.82, 2.24) is 33.9 Å². The minimum Gasteiger partial charge on any atom is -0.336 e. The fourth-order valence-corrected chi connectivity index (χ4v) is 3.62. The van der Waals surface area contributed by atoms with E-state index in [1.807, 2.05) is 17.8 Å². The Morgan fingerprint density at radius 1 is 1.13 bits per heavy atom. The van der Waals surface area contributed by atoms with Gasteiger partial charge in [0.15, 0.2) is 0 Å². The van der Waals surface area contributed by atoms with E-state index in [9.17, 15) is 14.4 Å². The van der Waals surface area contributed by atoms with E-state index < -0.39 is 11.2 Å². The van der Waals surface area contributed by atoms with Crippen LogP contribution in [-0.2, 0) is 21.1 Å². The number of piperazine rings is 1. The number of carbonyl (C=O) groups excluding carboxylic acids is 1. The predicted octanol–water partition coefficient (Wildman–Crippen LogP) is -0.00400. The highest BCUT2D eigenvalue weighted by molar-refractivity contribution is 5.97. The average Bonchev–Trinajstić information content (AvgIpc) is 3.15. The highest BCUT2D eigenvalue weighted by Gasteiger charge is 2.31. The number of halogens is 2. The summed E-state index contributed by atoms with van der Waals surface area (Å²) in [7, 11) is 4.85. The molecule has 162 valence electrons. The minimum absolute atomic E-state index is 0. The number of hydrogen-bond donors (Lipinski definition) is 1. The molecule has 0 radical (unpaired) electrons. The Morgan fingerprint density at radius 2 is 1.87 bits per heavy atom. The fourth-order valence-electron chi connectivity index (χ4n) is 3.62. The van der Waals surface area contributed by atoms with Crippen LogP contribution >= 0.6 is 24.8 Å². The van der Waals surface area contributed by atoms with Gasteiger partial charge in [-0.3, -0.25) is 18.7 Å². The van der Waals surface area contributed by atoms with Crippen LogP contribution in [0.25, 0.3) is 11.0 Å². The van der Waals surface area contributed by atoms with Gasteiger partial charge in [-0.1, -0.05) is 0 Å². The summed E-state index contributed by atoms with van der Waals surface area (Å²) in [6, 6.07) is 1.30. The second-order valence-electron chi connectivity index (χ2n) is 6.92. The van der Waals surface area contributed by atoms with Gasteiger partial charge in [-0.05, 0) is 6.07 Å². The lowest BCUT2D eigenvalue weighted by Crippen LogP contribution is -2.49. The van der Waals surface area contributed by atoms with Crippen LogP contribution in [0.2, 0.25) is 0 Å². The van der Waals surface area contributed by atoms with E-state index in [1.165, 1.54) is 23.9 Å². The van der Waals surface area contributed by atoms with Crippen molar-refractivity contribution in [3.63, 3.8) is 0 Å². The molecule has 1 fully saturated rings. The molecule has 1 aliphatic rings. The van der Waals surface area contributed by atoms with Gasteiger partial charge in [0.05, 0.1) is 10.9 Å². The lowest BCUT2D eigenvalue weighted by atomic mass is 10.1. The molecule has 3 aromatic heterocycles. The van der Waals surface area contributed by atoms with Gasteiger partial charge >= 0.3 is 5.69 Å². The van der Waals surface area contributed by atoms with Gasteiger partial charge in [-0.2, -0.15) is 0 Å². The Hall–Kier alpha value is -2.69. The number of nitrogens with one attached hydrogen (secondary N) is 1. The second-order valence-corrected chi connectivity index (χ2v) is 6.92. The van der Waals surface area contributed by atoms with E-state index >= 15 is 0 Å². The third-order valence-corrected chi connectivity index (χ3v) is 5.20. The summed E-state index contributed by atoms with van der Waals surface area (Å²) in [6.45, 7) is 1.78. The summed E-state index contributed by atoms with van der Waals surface area (Å²) in [5.74, 6) is 0.562. The SMILES string of the molecule is Cl.Cl.Cn1ccnc1C1CNCCN1C(=O)c1cnc2c(c1)c(=O)n(C)c(=O)n2C. The van der Waals surface area contributed by atoms with Crippen LogP contribution in [0.15, 0.2) is 34.2 Å². The van der Waals surface area contributed by atoms with Crippen molar-refractivity contribution in [2.24, 2.45) is 21.1 Å². The fraction of sp³-hybridized carbons (Fsp3) is 0.389. The number of amides is 1. The Bertz CT molecular complexity index is 1200. The number of pyridine rings is 1. The number of hydrogen-bond acceptors (Lipinski definition) is 6. The number of carbonyl (C=O) groups is 1. The maximum Gasteiger partial charge on any atom is 0.332 e. The molecular weight excluding hydrogens is 433 g/mol. The number of aromatic nitrogens is 5. The van der Waals surface area contributed by atoms with Gasteiger partial charge in [-0.25, -0.2) is 14.8 Å². The molecule has 1 saturated heterocycles. The number of nitrogens with zero attached hydrogens (tertiary/aromatic N) is 6. The standard InChI is InChI=1S/C18H21N7O3.2ClH/c1-22-6-5-20-15(22)13-10-19-4-7-25(13)16(26)11-8-12-14(21-9-11)23(2)18(28)24(3)17(12)27;;/h5-6,8-9,13,19H,4,7,10H2,1-3H3;2*1H. The highest BCUT2D eigenvalue weighted by atomic mass is 35.5. The minimum atomic E-state index is -0.471. The molecule has 0 aliphatic carbocycles. The van der Waals surface area contributed by atoms with Crippen LogP contribution in [-0.4, -0.2) is 54.1 Å². The van der Waals surface area contributed by atoms with E-state index in [0.29, 0.717) is 25.2 Å². The summed E-state index contributed by atoms with van der Waals surface area (Å²) < 4.78 is 4.20. The zero-order valence-corrected chi connectivity index (χ0v) is 18.4. The van der Waals surface area contributed by atoms with Gasteiger partial charge in [0.1, 0.15) is 17.5 Å². The van der Waals surface area contributed by atoms with Gasteiger partial charge < -0.3 is 14.8 Å². The average molecular weight is 456 g/mol. The van der Waals surface area contributed by atoms with Crippen molar-refractivity contribution in [1.29, 1.82) is 0 Å². The molecular formula is C18H23Cl2N7O3. The predicted molar refractivity (Wildman–Crippen MR) is 117 cm³/mol. The van der Waals surface area contributed by atoms with E-state index in [2.05, 4.69) is 15.3 Å². The molecule has 4 rings (SSSR count). The van der Waals surface area contributed by atoms with E-state index in [0.717, 1.165) is 10.4 Å². The lowest BCUT2D eigenvalue weighted by Gasteiger charge is -2.35. The maximum atomic E-state index is 13.3. The Morgan fingerprint density at radius 3 is 2.53 bits per heavy atom. The van der Waals surface area contributed by atoms with E-state index in [1.54, 1.807) is 18.1 Å². The zero-order chi connectivity index (χ0) is 20.0. The first-order chi connectivity index (χ1) is 13.4. The van der Waals surface area contributed by atoms with Crippen molar-refractivity contribution in [2.75, 3.05) is 19.6 Å². The summed E-state index contributed by atoms with van der Waals surface area (Å²) in [5.41, 5.74) is -0.364. The molecule has 0 aromatic carbocycles. The molecule has 1 aliphatic heterocycles. The Labute approximate surface area is 184 Å². The zero-order valence-electron chi connectivity index (χ0n) is 16.7. The molecule has 1 unspecified atom stereocenters. The van der Waals surface area contributed by atoms with Crippen LogP contribution in [0.4, 0.5) is 0 Å². The molecule has 0 saturated carbocycles. The number of rotatable bonds is 2. The summed E-state index contributed by atoms with van der Waals surface area (Å²) in [5, 5.41) is 3.53.